The molecule has 1 fully saturated rings. The maximum atomic E-state index is 12.6. The van der Waals surface area contributed by atoms with Gasteiger partial charge in [-0.15, -0.1) is 0 Å². The van der Waals surface area contributed by atoms with E-state index in [2.05, 4.69) is 21.2 Å². The fraction of sp³-hybridized carbons (Fsp3) is 0.263. The molecule has 1 unspecified atom stereocenters. The number of benzene rings is 2. The smallest absolute Gasteiger partial charge is 0.229 e. The summed E-state index contributed by atoms with van der Waals surface area (Å²) < 4.78 is 12.0. The lowest BCUT2D eigenvalue weighted by Crippen LogP contribution is -2.28. The number of nitrogens with zero attached hydrogens (tertiary/aromatic N) is 1. The molecule has 26 heavy (non-hydrogen) atoms. The number of carbonyl (C=O) groups excluding carboxylic acids is 2. The van der Waals surface area contributed by atoms with Crippen LogP contribution in [0.4, 0.5) is 11.4 Å². The van der Waals surface area contributed by atoms with Gasteiger partial charge in [-0.3, -0.25) is 9.59 Å². The number of ether oxygens (including phenoxy) is 2. The summed E-state index contributed by atoms with van der Waals surface area (Å²) in [6, 6.07) is 12.8. The molecule has 0 aromatic heterocycles. The zero-order chi connectivity index (χ0) is 18.1. The van der Waals surface area contributed by atoms with Crippen LogP contribution in [0.15, 0.2) is 46.9 Å². The standard InChI is InChI=1S/C19H17BrN2O4/c20-13-1-4-15(5-2-13)22-11-12(9-18(22)23)19(24)21-14-3-6-16-17(10-14)26-8-7-25-16/h1-6,10,12H,7-9,11H2,(H,21,24). The molecule has 0 bridgehead atoms. The zero-order valence-electron chi connectivity index (χ0n) is 13.9. The zero-order valence-corrected chi connectivity index (χ0v) is 15.5. The van der Waals surface area contributed by atoms with E-state index in [-0.39, 0.29) is 24.2 Å². The number of amides is 2. The summed E-state index contributed by atoms with van der Waals surface area (Å²) in [6.07, 6.45) is 0.201. The second kappa shape index (κ2) is 6.99. The Bertz CT molecular complexity index is 853. The Balaban J connectivity index is 1.44. The second-order valence-corrected chi connectivity index (χ2v) is 7.15. The van der Waals surface area contributed by atoms with Crippen LogP contribution < -0.4 is 19.7 Å². The molecule has 1 atom stereocenters. The van der Waals surface area contributed by atoms with E-state index >= 15 is 0 Å². The van der Waals surface area contributed by atoms with Crippen molar-refractivity contribution in [3.63, 3.8) is 0 Å². The SMILES string of the molecule is O=C(Nc1ccc2c(c1)OCCO2)C1CC(=O)N(c2ccc(Br)cc2)C1. The van der Waals surface area contributed by atoms with Crippen molar-refractivity contribution < 1.29 is 19.1 Å². The first-order chi connectivity index (χ1) is 12.6. The largest absolute Gasteiger partial charge is 0.486 e. The average Bonchev–Trinajstić information content (AvgIpc) is 3.04. The van der Waals surface area contributed by atoms with Gasteiger partial charge in [-0.2, -0.15) is 0 Å². The molecular weight excluding hydrogens is 400 g/mol. The Morgan fingerprint density at radius 1 is 1.08 bits per heavy atom. The fourth-order valence-corrected chi connectivity index (χ4v) is 3.38. The Labute approximate surface area is 159 Å². The van der Waals surface area contributed by atoms with Crippen molar-refractivity contribution in [1.29, 1.82) is 0 Å². The molecule has 0 saturated carbocycles. The molecule has 2 heterocycles. The number of fused-ring (bicyclic) bond motifs is 1. The molecule has 134 valence electrons. The summed E-state index contributed by atoms with van der Waals surface area (Å²) in [5.74, 6) is 0.684. The lowest BCUT2D eigenvalue weighted by Gasteiger charge is -2.19. The summed E-state index contributed by atoms with van der Waals surface area (Å²) in [5, 5.41) is 2.87. The van der Waals surface area contributed by atoms with Crippen molar-refractivity contribution in [2.75, 3.05) is 30.0 Å². The van der Waals surface area contributed by atoms with Crippen molar-refractivity contribution in [3.05, 3.63) is 46.9 Å². The van der Waals surface area contributed by atoms with E-state index in [0.29, 0.717) is 36.9 Å². The van der Waals surface area contributed by atoms with Gasteiger partial charge in [0.2, 0.25) is 11.8 Å². The van der Waals surface area contributed by atoms with Crippen LogP contribution in [0.5, 0.6) is 11.5 Å². The number of hydrogen-bond donors (Lipinski definition) is 1. The van der Waals surface area contributed by atoms with Gasteiger partial charge in [0.05, 0.1) is 5.92 Å². The highest BCUT2D eigenvalue weighted by Crippen LogP contribution is 2.33. The van der Waals surface area contributed by atoms with Crippen molar-refractivity contribution in [2.24, 2.45) is 5.92 Å². The third kappa shape index (κ3) is 3.39. The van der Waals surface area contributed by atoms with Gasteiger partial charge in [0.15, 0.2) is 11.5 Å². The van der Waals surface area contributed by atoms with Gasteiger partial charge >= 0.3 is 0 Å². The molecule has 2 aliphatic heterocycles. The minimum absolute atomic E-state index is 0.0466. The molecule has 2 aliphatic rings. The van der Waals surface area contributed by atoms with E-state index in [1.54, 1.807) is 23.1 Å². The number of hydrogen-bond acceptors (Lipinski definition) is 4. The molecule has 0 radical (unpaired) electrons. The predicted octanol–water partition coefficient (Wildman–Crippen LogP) is 3.21. The third-order valence-corrected chi connectivity index (χ3v) is 4.97. The van der Waals surface area contributed by atoms with Gasteiger partial charge in [-0.1, -0.05) is 15.9 Å². The second-order valence-electron chi connectivity index (χ2n) is 6.23. The van der Waals surface area contributed by atoms with Crippen molar-refractivity contribution >= 4 is 39.1 Å². The Hall–Kier alpha value is -2.54. The van der Waals surface area contributed by atoms with Crippen molar-refractivity contribution in [2.45, 2.75) is 6.42 Å². The molecule has 1 saturated heterocycles. The summed E-state index contributed by atoms with van der Waals surface area (Å²) in [5.41, 5.74) is 1.43. The Morgan fingerprint density at radius 2 is 1.81 bits per heavy atom. The average molecular weight is 417 g/mol. The first-order valence-corrected chi connectivity index (χ1v) is 9.16. The lowest BCUT2D eigenvalue weighted by molar-refractivity contribution is -0.122. The van der Waals surface area contributed by atoms with Crippen LogP contribution in [0.25, 0.3) is 0 Å². The van der Waals surface area contributed by atoms with E-state index in [0.717, 1.165) is 10.2 Å². The first-order valence-electron chi connectivity index (χ1n) is 8.36. The monoisotopic (exact) mass is 416 g/mol. The van der Waals surface area contributed by atoms with Gasteiger partial charge in [0.25, 0.3) is 0 Å². The van der Waals surface area contributed by atoms with E-state index < -0.39 is 0 Å². The summed E-state index contributed by atoms with van der Waals surface area (Å²) in [4.78, 5) is 26.6. The minimum atomic E-state index is -0.389. The van der Waals surface area contributed by atoms with Gasteiger partial charge < -0.3 is 19.7 Å². The molecule has 4 rings (SSSR count). The number of rotatable bonds is 3. The Morgan fingerprint density at radius 3 is 2.58 bits per heavy atom. The van der Waals surface area contributed by atoms with Gasteiger partial charge in [0, 0.05) is 34.9 Å². The molecule has 7 heteroatoms. The molecule has 0 aliphatic carbocycles. The number of carbonyl (C=O) groups is 2. The highest BCUT2D eigenvalue weighted by molar-refractivity contribution is 9.10. The van der Waals surface area contributed by atoms with Crippen LogP contribution in [0.3, 0.4) is 0 Å². The van der Waals surface area contributed by atoms with Gasteiger partial charge in [-0.05, 0) is 36.4 Å². The molecule has 2 aromatic carbocycles. The highest BCUT2D eigenvalue weighted by atomic mass is 79.9. The van der Waals surface area contributed by atoms with E-state index in [1.165, 1.54) is 0 Å². The topological polar surface area (TPSA) is 67.9 Å². The predicted molar refractivity (Wildman–Crippen MR) is 101 cm³/mol. The van der Waals surface area contributed by atoms with Crippen LogP contribution in [0, 0.1) is 5.92 Å². The van der Waals surface area contributed by atoms with E-state index in [1.807, 2.05) is 24.3 Å². The van der Waals surface area contributed by atoms with Crippen LogP contribution >= 0.6 is 15.9 Å². The van der Waals surface area contributed by atoms with Crippen molar-refractivity contribution in [1.82, 2.24) is 0 Å². The third-order valence-electron chi connectivity index (χ3n) is 4.44. The number of anilines is 2. The highest BCUT2D eigenvalue weighted by Gasteiger charge is 2.35. The summed E-state index contributed by atoms with van der Waals surface area (Å²) in [6.45, 7) is 1.38. The van der Waals surface area contributed by atoms with Crippen LogP contribution in [-0.4, -0.2) is 31.6 Å². The first kappa shape index (κ1) is 16.9. The summed E-state index contributed by atoms with van der Waals surface area (Å²) >= 11 is 3.38. The van der Waals surface area contributed by atoms with Crippen LogP contribution in [0.1, 0.15) is 6.42 Å². The molecule has 0 spiro atoms. The fourth-order valence-electron chi connectivity index (χ4n) is 3.12. The Kier molecular flexibility index (Phi) is 4.55. The van der Waals surface area contributed by atoms with Crippen LogP contribution in [-0.2, 0) is 9.59 Å². The molecule has 1 N–H and O–H groups in total. The number of nitrogens with one attached hydrogen (secondary N) is 1. The van der Waals surface area contributed by atoms with Crippen molar-refractivity contribution in [3.8, 4) is 11.5 Å². The van der Waals surface area contributed by atoms with E-state index in [9.17, 15) is 9.59 Å². The normalized spacial score (nSPS) is 18.7. The summed E-state index contributed by atoms with van der Waals surface area (Å²) in [7, 11) is 0. The minimum Gasteiger partial charge on any atom is -0.486 e. The molecular formula is C19H17BrN2O4. The quantitative estimate of drug-likeness (QED) is 0.833. The maximum absolute atomic E-state index is 12.6. The van der Waals surface area contributed by atoms with Gasteiger partial charge in [0.1, 0.15) is 13.2 Å². The van der Waals surface area contributed by atoms with E-state index in [4.69, 9.17) is 9.47 Å². The van der Waals surface area contributed by atoms with Gasteiger partial charge in [-0.25, -0.2) is 0 Å². The van der Waals surface area contributed by atoms with Crippen LogP contribution in [0.2, 0.25) is 0 Å². The lowest BCUT2D eigenvalue weighted by atomic mass is 10.1. The molecule has 6 nitrogen and oxygen atoms in total. The number of halogens is 1. The molecule has 2 aromatic rings. The maximum Gasteiger partial charge on any atom is 0.229 e. The molecule has 2 amide bonds.